The highest BCUT2D eigenvalue weighted by Gasteiger charge is 2.42. The third-order valence-corrected chi connectivity index (χ3v) is 4.77. The first-order valence-corrected chi connectivity index (χ1v) is 5.73. The quantitative estimate of drug-likeness (QED) is 0.510. The van der Waals surface area contributed by atoms with Gasteiger partial charge in [0.1, 0.15) is 0 Å². The second-order valence-electron chi connectivity index (χ2n) is 5.28. The van der Waals surface area contributed by atoms with E-state index in [2.05, 4.69) is 13.8 Å². The fourth-order valence-electron chi connectivity index (χ4n) is 3.55. The minimum absolute atomic E-state index is 0.733. The molecule has 2 aliphatic carbocycles. The van der Waals surface area contributed by atoms with Gasteiger partial charge >= 0.3 is 0 Å². The molecule has 0 heteroatoms. The first-order chi connectivity index (χ1) is 5.73. The van der Waals surface area contributed by atoms with Gasteiger partial charge < -0.3 is 0 Å². The molecule has 70 valence electrons. The van der Waals surface area contributed by atoms with Crippen molar-refractivity contribution in [3.8, 4) is 0 Å². The maximum Gasteiger partial charge on any atom is -0.0272 e. The maximum absolute atomic E-state index is 2.56. The Morgan fingerprint density at radius 1 is 1.00 bits per heavy atom. The molecule has 2 aliphatic rings. The van der Waals surface area contributed by atoms with Crippen LogP contribution in [0, 0.1) is 17.3 Å². The Morgan fingerprint density at radius 2 is 1.75 bits per heavy atom. The summed E-state index contributed by atoms with van der Waals surface area (Å²) in [6.07, 6.45) is 10.6. The van der Waals surface area contributed by atoms with Crippen molar-refractivity contribution in [2.24, 2.45) is 17.3 Å². The van der Waals surface area contributed by atoms with E-state index >= 15 is 0 Å². The molecule has 0 bridgehead atoms. The van der Waals surface area contributed by atoms with Crippen molar-refractivity contribution in [2.45, 2.75) is 58.8 Å². The zero-order valence-corrected chi connectivity index (χ0v) is 8.60. The molecule has 0 aromatic rings. The largest absolute Gasteiger partial charge is 0.0620 e. The van der Waals surface area contributed by atoms with Gasteiger partial charge in [0.15, 0.2) is 0 Å². The van der Waals surface area contributed by atoms with Crippen LogP contribution < -0.4 is 0 Å². The van der Waals surface area contributed by atoms with Crippen LogP contribution in [0.4, 0.5) is 0 Å². The van der Waals surface area contributed by atoms with E-state index in [4.69, 9.17) is 0 Å². The van der Waals surface area contributed by atoms with E-state index in [-0.39, 0.29) is 0 Å². The summed E-state index contributed by atoms with van der Waals surface area (Å²) in [6, 6.07) is 0. The summed E-state index contributed by atoms with van der Waals surface area (Å²) in [5.74, 6) is 2.08. The van der Waals surface area contributed by atoms with Crippen LogP contribution in [0.1, 0.15) is 58.8 Å². The van der Waals surface area contributed by atoms with Crippen LogP contribution in [0.3, 0.4) is 0 Å². The summed E-state index contributed by atoms with van der Waals surface area (Å²) in [5.41, 5.74) is 0.733. The van der Waals surface area contributed by atoms with E-state index in [1.165, 1.54) is 44.9 Å². The number of hydrogen-bond acceptors (Lipinski definition) is 0. The van der Waals surface area contributed by atoms with E-state index in [0.29, 0.717) is 0 Å². The van der Waals surface area contributed by atoms with Crippen molar-refractivity contribution < 1.29 is 0 Å². The van der Waals surface area contributed by atoms with Gasteiger partial charge in [-0.1, -0.05) is 39.5 Å². The lowest BCUT2D eigenvalue weighted by Crippen LogP contribution is -2.39. The van der Waals surface area contributed by atoms with Crippen LogP contribution in [-0.2, 0) is 0 Å². The van der Waals surface area contributed by atoms with E-state index in [1.54, 1.807) is 0 Å². The fraction of sp³-hybridized carbons (Fsp3) is 1.00. The Labute approximate surface area is 76.7 Å². The lowest BCUT2D eigenvalue weighted by Gasteiger charge is -2.49. The van der Waals surface area contributed by atoms with Crippen LogP contribution in [-0.4, -0.2) is 0 Å². The van der Waals surface area contributed by atoms with E-state index < -0.39 is 0 Å². The standard InChI is InChI=1S/C12H22/c1-10-6-5-8-11-7-3-4-9-12(10,11)2/h10-11H,3-9H2,1-2H3/t10-,11+,12+/m1/s1. The molecular weight excluding hydrogens is 144 g/mol. The van der Waals surface area contributed by atoms with Gasteiger partial charge in [0.05, 0.1) is 0 Å². The van der Waals surface area contributed by atoms with Crippen molar-refractivity contribution in [3.05, 3.63) is 0 Å². The molecule has 0 radical (unpaired) electrons. The maximum atomic E-state index is 2.56. The van der Waals surface area contributed by atoms with Gasteiger partial charge in [-0.15, -0.1) is 0 Å². The predicted molar refractivity (Wildman–Crippen MR) is 53.1 cm³/mol. The third kappa shape index (κ3) is 1.20. The zero-order chi connectivity index (χ0) is 8.60. The summed E-state index contributed by atoms with van der Waals surface area (Å²) in [4.78, 5) is 0. The van der Waals surface area contributed by atoms with E-state index in [0.717, 1.165) is 17.3 Å². The van der Waals surface area contributed by atoms with Crippen LogP contribution in [0.5, 0.6) is 0 Å². The fourth-order valence-corrected chi connectivity index (χ4v) is 3.55. The van der Waals surface area contributed by atoms with Crippen molar-refractivity contribution in [3.63, 3.8) is 0 Å². The van der Waals surface area contributed by atoms with Gasteiger partial charge in [0.25, 0.3) is 0 Å². The smallest absolute Gasteiger partial charge is 0.0272 e. The molecule has 0 aliphatic heterocycles. The summed E-state index contributed by atoms with van der Waals surface area (Å²) in [5, 5.41) is 0. The second-order valence-corrected chi connectivity index (χ2v) is 5.28. The highest BCUT2D eigenvalue weighted by atomic mass is 14.5. The molecule has 0 unspecified atom stereocenters. The van der Waals surface area contributed by atoms with Gasteiger partial charge in [0, 0.05) is 0 Å². The van der Waals surface area contributed by atoms with Gasteiger partial charge in [0.2, 0.25) is 0 Å². The van der Waals surface area contributed by atoms with Crippen LogP contribution in [0.25, 0.3) is 0 Å². The third-order valence-electron chi connectivity index (χ3n) is 4.77. The Balaban J connectivity index is 2.14. The molecule has 2 saturated carbocycles. The Kier molecular flexibility index (Phi) is 2.18. The number of rotatable bonds is 0. The molecule has 0 heterocycles. The van der Waals surface area contributed by atoms with Gasteiger partial charge in [-0.05, 0) is 36.5 Å². The van der Waals surface area contributed by atoms with Gasteiger partial charge in [-0.25, -0.2) is 0 Å². The summed E-state index contributed by atoms with van der Waals surface area (Å²) in [6.45, 7) is 5.04. The zero-order valence-electron chi connectivity index (χ0n) is 8.60. The molecule has 0 saturated heterocycles. The average Bonchev–Trinajstić information content (AvgIpc) is 2.07. The van der Waals surface area contributed by atoms with Crippen molar-refractivity contribution in [1.29, 1.82) is 0 Å². The van der Waals surface area contributed by atoms with E-state index in [1.807, 2.05) is 0 Å². The summed E-state index contributed by atoms with van der Waals surface area (Å²) < 4.78 is 0. The molecule has 2 fully saturated rings. The Hall–Kier alpha value is 0. The highest BCUT2D eigenvalue weighted by molar-refractivity contribution is 4.92. The monoisotopic (exact) mass is 166 g/mol. The topological polar surface area (TPSA) is 0 Å². The first-order valence-electron chi connectivity index (χ1n) is 5.73. The molecule has 3 atom stereocenters. The highest BCUT2D eigenvalue weighted by Crippen LogP contribution is 2.52. The molecule has 12 heavy (non-hydrogen) atoms. The number of hydrogen-bond donors (Lipinski definition) is 0. The Morgan fingerprint density at radius 3 is 2.50 bits per heavy atom. The molecular formula is C12H22. The lowest BCUT2D eigenvalue weighted by molar-refractivity contribution is 0.0108. The summed E-state index contributed by atoms with van der Waals surface area (Å²) >= 11 is 0. The van der Waals surface area contributed by atoms with Crippen molar-refractivity contribution in [2.75, 3.05) is 0 Å². The molecule has 0 N–H and O–H groups in total. The first kappa shape index (κ1) is 8.59. The SMILES string of the molecule is C[C@@H]1CCC[C@@H]2CCCC[C@]21C. The van der Waals surface area contributed by atoms with Crippen LogP contribution in [0.15, 0.2) is 0 Å². The minimum Gasteiger partial charge on any atom is -0.0620 e. The second kappa shape index (κ2) is 3.05. The van der Waals surface area contributed by atoms with Crippen LogP contribution in [0.2, 0.25) is 0 Å². The minimum atomic E-state index is 0.733. The average molecular weight is 166 g/mol. The predicted octanol–water partition coefficient (Wildman–Crippen LogP) is 4.00. The Bertz CT molecular complexity index is 159. The van der Waals surface area contributed by atoms with Crippen molar-refractivity contribution >= 4 is 0 Å². The molecule has 0 aromatic heterocycles. The van der Waals surface area contributed by atoms with Gasteiger partial charge in [-0.3, -0.25) is 0 Å². The molecule has 0 amide bonds. The number of fused-ring (bicyclic) bond motifs is 1. The van der Waals surface area contributed by atoms with Crippen LogP contribution >= 0.6 is 0 Å². The molecule has 0 aromatic carbocycles. The van der Waals surface area contributed by atoms with Gasteiger partial charge in [-0.2, -0.15) is 0 Å². The lowest BCUT2D eigenvalue weighted by atomic mass is 9.56. The molecule has 0 spiro atoms. The van der Waals surface area contributed by atoms with Crippen molar-refractivity contribution in [1.82, 2.24) is 0 Å². The molecule has 0 nitrogen and oxygen atoms in total. The normalized spacial score (nSPS) is 48.5. The summed E-state index contributed by atoms with van der Waals surface area (Å²) in [7, 11) is 0. The van der Waals surface area contributed by atoms with E-state index in [9.17, 15) is 0 Å². The molecule has 2 rings (SSSR count).